The van der Waals surface area contributed by atoms with Crippen molar-refractivity contribution in [2.75, 3.05) is 39.1 Å². The molecule has 0 radical (unpaired) electrons. The van der Waals surface area contributed by atoms with Crippen molar-refractivity contribution >= 4 is 62.3 Å². The zero-order valence-corrected chi connectivity index (χ0v) is 17.8. The monoisotopic (exact) mass is 456 g/mol. The van der Waals surface area contributed by atoms with Gasteiger partial charge in [-0.3, -0.25) is 10.6 Å². The summed E-state index contributed by atoms with van der Waals surface area (Å²) in [5.74, 6) is -1.49. The maximum absolute atomic E-state index is 12.2. The molecule has 0 unspecified atom stereocenters. The van der Waals surface area contributed by atoms with Gasteiger partial charge in [0.15, 0.2) is 10.3 Å². The molecule has 2 amide bonds. The molecule has 0 bridgehead atoms. The third-order valence-corrected chi connectivity index (χ3v) is 4.57. The minimum atomic E-state index is -0.743. The lowest BCUT2D eigenvalue weighted by Crippen LogP contribution is -2.21. The third-order valence-electron chi connectivity index (χ3n) is 3.06. The molecular weight excluding hydrogens is 440 g/mol. The predicted molar refractivity (Wildman–Crippen MR) is 108 cm³/mol. The fourth-order valence-electron chi connectivity index (χ4n) is 1.86. The number of thiazole rings is 2. The first-order chi connectivity index (χ1) is 14.4. The van der Waals surface area contributed by atoms with Gasteiger partial charge in [0.25, 0.3) is 0 Å². The molecule has 0 saturated carbocycles. The molecular formula is C15H16N6O7S2. The highest BCUT2D eigenvalue weighted by Gasteiger charge is 2.21. The Labute approximate surface area is 177 Å². The van der Waals surface area contributed by atoms with Gasteiger partial charge in [-0.1, -0.05) is 10.3 Å². The number of anilines is 2. The van der Waals surface area contributed by atoms with Gasteiger partial charge in [-0.2, -0.15) is 0 Å². The number of urea groups is 1. The van der Waals surface area contributed by atoms with E-state index in [4.69, 9.17) is 0 Å². The van der Waals surface area contributed by atoms with Crippen LogP contribution in [0.15, 0.2) is 21.1 Å². The normalized spacial score (nSPS) is 11.5. The van der Waals surface area contributed by atoms with Crippen molar-refractivity contribution in [3.63, 3.8) is 0 Å². The number of hydrogen-bond donors (Lipinski definition) is 2. The number of ether oxygens (including phenoxy) is 2. The molecule has 0 saturated heterocycles. The van der Waals surface area contributed by atoms with Crippen molar-refractivity contribution < 1.29 is 33.5 Å². The van der Waals surface area contributed by atoms with E-state index in [1.165, 1.54) is 39.2 Å². The van der Waals surface area contributed by atoms with Crippen LogP contribution in [0.5, 0.6) is 0 Å². The minimum Gasteiger partial charge on any atom is -0.464 e. The maximum Gasteiger partial charge on any atom is 0.362 e. The van der Waals surface area contributed by atoms with Crippen molar-refractivity contribution in [2.45, 2.75) is 0 Å². The van der Waals surface area contributed by atoms with Gasteiger partial charge in [-0.25, -0.2) is 24.4 Å². The van der Waals surface area contributed by atoms with Crippen molar-refractivity contribution in [3.8, 4) is 0 Å². The van der Waals surface area contributed by atoms with Crippen LogP contribution in [0.2, 0.25) is 0 Å². The molecule has 15 heteroatoms. The van der Waals surface area contributed by atoms with E-state index in [1.54, 1.807) is 0 Å². The van der Waals surface area contributed by atoms with E-state index < -0.39 is 18.0 Å². The average Bonchev–Trinajstić information content (AvgIpc) is 3.38. The summed E-state index contributed by atoms with van der Waals surface area (Å²) in [4.78, 5) is 53.0. The second kappa shape index (κ2) is 10.8. The first-order valence-corrected chi connectivity index (χ1v) is 9.58. The van der Waals surface area contributed by atoms with Crippen molar-refractivity contribution in [3.05, 3.63) is 22.1 Å². The van der Waals surface area contributed by atoms with E-state index in [1.807, 2.05) is 0 Å². The fraction of sp³-hybridized carbons (Fsp3) is 0.267. The predicted octanol–water partition coefficient (Wildman–Crippen LogP) is 1.29. The fourth-order valence-corrected chi connectivity index (χ4v) is 3.24. The molecule has 2 aromatic rings. The van der Waals surface area contributed by atoms with Crippen LogP contribution in [0.3, 0.4) is 0 Å². The van der Waals surface area contributed by atoms with Gasteiger partial charge in [0.05, 0.1) is 14.2 Å². The molecule has 0 aliphatic heterocycles. The Hall–Kier alpha value is -3.59. The van der Waals surface area contributed by atoms with Crippen LogP contribution >= 0.6 is 22.7 Å². The van der Waals surface area contributed by atoms with E-state index in [-0.39, 0.29) is 33.1 Å². The van der Waals surface area contributed by atoms with E-state index in [9.17, 15) is 14.4 Å². The molecule has 2 heterocycles. The van der Waals surface area contributed by atoms with Crippen LogP contribution in [0, 0.1) is 0 Å². The van der Waals surface area contributed by atoms with Crippen molar-refractivity contribution in [1.82, 2.24) is 9.97 Å². The molecule has 2 rings (SSSR count). The highest BCUT2D eigenvalue weighted by Crippen LogP contribution is 2.19. The second-order valence-corrected chi connectivity index (χ2v) is 6.60. The van der Waals surface area contributed by atoms with Crippen LogP contribution in [0.25, 0.3) is 0 Å². The molecule has 0 aliphatic carbocycles. The highest BCUT2D eigenvalue weighted by molar-refractivity contribution is 7.14. The van der Waals surface area contributed by atoms with Gasteiger partial charge < -0.3 is 19.1 Å². The summed E-state index contributed by atoms with van der Waals surface area (Å²) in [5, 5.41) is 15.5. The number of esters is 2. The second-order valence-electron chi connectivity index (χ2n) is 4.88. The lowest BCUT2D eigenvalue weighted by molar-refractivity contribution is -0.133. The summed E-state index contributed by atoms with van der Waals surface area (Å²) in [6, 6.07) is -0.650. The highest BCUT2D eigenvalue weighted by atomic mass is 32.1. The van der Waals surface area contributed by atoms with Crippen LogP contribution < -0.4 is 10.6 Å². The zero-order chi connectivity index (χ0) is 22.1. The lowest BCUT2D eigenvalue weighted by atomic mass is 10.3. The number of methoxy groups -OCH3 is 2. The molecule has 0 aliphatic rings. The third kappa shape index (κ3) is 5.71. The van der Waals surface area contributed by atoms with Gasteiger partial charge in [-0.15, -0.1) is 22.7 Å². The Morgan fingerprint density at radius 1 is 0.800 bits per heavy atom. The number of carbonyl (C=O) groups excluding carboxylic acids is 3. The molecule has 0 aromatic carbocycles. The van der Waals surface area contributed by atoms with E-state index in [0.29, 0.717) is 0 Å². The van der Waals surface area contributed by atoms with Crippen LogP contribution in [0.4, 0.5) is 15.1 Å². The van der Waals surface area contributed by atoms with Gasteiger partial charge >= 0.3 is 18.0 Å². The van der Waals surface area contributed by atoms with Gasteiger partial charge in [0.2, 0.25) is 11.4 Å². The smallest absolute Gasteiger partial charge is 0.362 e. The summed E-state index contributed by atoms with van der Waals surface area (Å²) in [7, 11) is 4.93. The first-order valence-electron chi connectivity index (χ1n) is 7.82. The Bertz CT molecular complexity index is 908. The number of rotatable bonds is 8. The Kier molecular flexibility index (Phi) is 8.18. The maximum atomic E-state index is 12.2. The Morgan fingerprint density at radius 2 is 1.20 bits per heavy atom. The average molecular weight is 456 g/mol. The first kappa shape index (κ1) is 22.7. The quantitative estimate of drug-likeness (QED) is 0.338. The van der Waals surface area contributed by atoms with E-state index in [2.05, 4.69) is 50.1 Å². The SMILES string of the molecule is CO/N=C(\C(=O)OC)c1csc(NC(=O)Nc2nc(/C(=N/OC)C(=O)OC)cs2)n1. The standard InChI is InChI=1S/C15H16N6O7S2/c1-25-11(22)9(20-27-3)7-5-29-14(16-7)18-13(24)19-15-17-8(6-30-15)10(21-28-4)12(23)26-2/h5-6H,1-4H3,(H2,16,17,18,19,24)/b20-9-,21-10-. The molecule has 13 nitrogen and oxygen atoms in total. The molecule has 2 aromatic heterocycles. The topological polar surface area (TPSA) is 163 Å². The largest absolute Gasteiger partial charge is 0.464 e. The summed E-state index contributed by atoms with van der Waals surface area (Å²) >= 11 is 2.11. The molecule has 160 valence electrons. The van der Waals surface area contributed by atoms with E-state index >= 15 is 0 Å². The summed E-state index contributed by atoms with van der Waals surface area (Å²) < 4.78 is 9.22. The minimum absolute atomic E-state index is 0.151. The van der Waals surface area contributed by atoms with Crippen molar-refractivity contribution in [2.24, 2.45) is 10.3 Å². The zero-order valence-electron chi connectivity index (χ0n) is 16.1. The number of nitrogens with one attached hydrogen (secondary N) is 2. The number of amides is 2. The Morgan fingerprint density at radius 3 is 1.53 bits per heavy atom. The van der Waals surface area contributed by atoms with Gasteiger partial charge in [0.1, 0.15) is 25.6 Å². The number of carbonyl (C=O) groups is 3. The number of hydrogen-bond acceptors (Lipinski definition) is 13. The Balaban J connectivity index is 2.07. The molecule has 0 spiro atoms. The summed E-state index contributed by atoms with van der Waals surface area (Å²) in [6.07, 6.45) is 0. The van der Waals surface area contributed by atoms with Gasteiger partial charge in [-0.05, 0) is 0 Å². The van der Waals surface area contributed by atoms with Crippen molar-refractivity contribution in [1.29, 1.82) is 0 Å². The molecule has 30 heavy (non-hydrogen) atoms. The summed E-state index contributed by atoms with van der Waals surface area (Å²) in [5.41, 5.74) is 0.0298. The molecule has 0 fully saturated rings. The van der Waals surface area contributed by atoms with Crippen LogP contribution in [-0.2, 0) is 28.7 Å². The lowest BCUT2D eigenvalue weighted by Gasteiger charge is -2.02. The number of oxime groups is 2. The molecule has 2 N–H and O–H groups in total. The van der Waals surface area contributed by atoms with Crippen LogP contribution in [0.1, 0.15) is 11.4 Å². The van der Waals surface area contributed by atoms with Gasteiger partial charge in [0, 0.05) is 10.8 Å². The molecule has 0 atom stereocenters. The van der Waals surface area contributed by atoms with E-state index in [0.717, 1.165) is 22.7 Å². The summed E-state index contributed by atoms with van der Waals surface area (Å²) in [6.45, 7) is 0. The number of nitrogens with zero attached hydrogens (tertiary/aromatic N) is 4. The number of aromatic nitrogens is 2. The van der Waals surface area contributed by atoms with Crippen LogP contribution in [-0.4, -0.2) is 67.8 Å².